The van der Waals surface area contributed by atoms with E-state index in [1.165, 1.54) is 6.07 Å². The molecule has 1 amide bonds. The van der Waals surface area contributed by atoms with Crippen molar-refractivity contribution in [3.8, 4) is 0 Å². The first-order valence-corrected chi connectivity index (χ1v) is 7.51. The normalized spacial score (nSPS) is 16.7. The molecule has 0 aliphatic heterocycles. The monoisotopic (exact) mass is 311 g/mol. The van der Waals surface area contributed by atoms with Gasteiger partial charge in [-0.2, -0.15) is 0 Å². The van der Waals surface area contributed by atoms with Crippen LogP contribution >= 0.6 is 0 Å². The zero-order valence-corrected chi connectivity index (χ0v) is 12.8. The van der Waals surface area contributed by atoms with E-state index >= 15 is 0 Å². The van der Waals surface area contributed by atoms with Crippen molar-refractivity contribution in [3.63, 3.8) is 0 Å². The van der Waals surface area contributed by atoms with Crippen molar-refractivity contribution in [1.29, 1.82) is 0 Å². The van der Waals surface area contributed by atoms with Gasteiger partial charge in [0.2, 0.25) is 0 Å². The van der Waals surface area contributed by atoms with Crippen molar-refractivity contribution in [2.24, 2.45) is 5.92 Å². The maximum Gasteiger partial charge on any atom is 0.261 e. The molecule has 1 aliphatic rings. The Morgan fingerprint density at radius 1 is 1.39 bits per heavy atom. The zero-order chi connectivity index (χ0) is 16.4. The van der Waals surface area contributed by atoms with Crippen LogP contribution in [0.4, 0.5) is 0 Å². The summed E-state index contributed by atoms with van der Waals surface area (Å²) in [5.74, 6) is -0.323. The summed E-state index contributed by atoms with van der Waals surface area (Å²) in [5, 5.41) is 2.68. The Labute approximate surface area is 133 Å². The van der Waals surface area contributed by atoms with Crippen LogP contribution in [0.5, 0.6) is 0 Å². The van der Waals surface area contributed by atoms with E-state index in [2.05, 4.69) is 15.3 Å². The van der Waals surface area contributed by atoms with Crippen LogP contribution in [0.25, 0.3) is 0 Å². The molecule has 0 saturated carbocycles. The molecule has 3 rings (SSSR count). The van der Waals surface area contributed by atoms with E-state index in [9.17, 15) is 14.4 Å². The molecule has 118 valence electrons. The number of pyridine rings is 2. The van der Waals surface area contributed by atoms with E-state index in [1.54, 1.807) is 18.5 Å². The molecule has 0 aromatic carbocycles. The van der Waals surface area contributed by atoms with Gasteiger partial charge in [-0.05, 0) is 30.0 Å². The number of fused-ring (bicyclic) bond motifs is 1. The number of hydrogen-bond acceptors (Lipinski definition) is 4. The lowest BCUT2D eigenvalue weighted by molar-refractivity contribution is 0.0949. The molecule has 6 nitrogen and oxygen atoms in total. The number of hydrogen-bond donors (Lipinski definition) is 2. The van der Waals surface area contributed by atoms with E-state index in [0.717, 1.165) is 5.56 Å². The molecule has 1 unspecified atom stereocenters. The van der Waals surface area contributed by atoms with Gasteiger partial charge in [0.05, 0.1) is 0 Å². The molecule has 1 atom stereocenters. The lowest BCUT2D eigenvalue weighted by atomic mass is 9.86. The number of carbonyl (C=O) groups excluding carboxylic acids is 2. The molecule has 6 heteroatoms. The van der Waals surface area contributed by atoms with Gasteiger partial charge in [-0.1, -0.05) is 13.0 Å². The molecule has 2 aromatic rings. The van der Waals surface area contributed by atoms with Crippen LogP contribution in [-0.4, -0.2) is 21.7 Å². The summed E-state index contributed by atoms with van der Waals surface area (Å²) in [5.41, 5.74) is 1.42. The number of carbonyl (C=O) groups is 2. The molecule has 23 heavy (non-hydrogen) atoms. The minimum atomic E-state index is -0.496. The standard InChI is InChI=1S/C17H17N3O3/c1-10-5-14-12(15(21)6-10)7-13(17(23)20-14)16(22)19-9-11-3-2-4-18-8-11/h2-4,7-8,10H,5-6,9H2,1H3,(H,19,22)(H,20,23). The molecule has 0 fully saturated rings. The van der Waals surface area contributed by atoms with Gasteiger partial charge in [-0.3, -0.25) is 19.4 Å². The van der Waals surface area contributed by atoms with Crippen LogP contribution in [0.1, 0.15) is 45.3 Å². The Balaban J connectivity index is 1.83. The first-order chi connectivity index (χ1) is 11.0. The maximum atomic E-state index is 12.2. The summed E-state index contributed by atoms with van der Waals surface area (Å²) in [6.07, 6.45) is 4.37. The second-order valence-corrected chi connectivity index (χ2v) is 5.88. The van der Waals surface area contributed by atoms with Gasteiger partial charge in [-0.15, -0.1) is 0 Å². The molecular formula is C17H17N3O3. The van der Waals surface area contributed by atoms with Crippen LogP contribution in [-0.2, 0) is 13.0 Å². The highest BCUT2D eigenvalue weighted by Crippen LogP contribution is 2.23. The molecule has 2 aromatic heterocycles. The average molecular weight is 311 g/mol. The van der Waals surface area contributed by atoms with Crippen molar-refractivity contribution in [3.05, 3.63) is 63.3 Å². The number of rotatable bonds is 3. The molecule has 1 aliphatic carbocycles. The molecule has 0 spiro atoms. The topological polar surface area (TPSA) is 91.9 Å². The van der Waals surface area contributed by atoms with Crippen molar-refractivity contribution in [1.82, 2.24) is 15.3 Å². The number of aromatic nitrogens is 2. The van der Waals surface area contributed by atoms with Gasteiger partial charge in [0, 0.05) is 36.6 Å². The predicted octanol–water partition coefficient (Wildman–Crippen LogP) is 1.46. The summed E-state index contributed by atoms with van der Waals surface area (Å²) < 4.78 is 0. The summed E-state index contributed by atoms with van der Waals surface area (Å²) in [7, 11) is 0. The third-order valence-electron chi connectivity index (χ3n) is 3.93. The van der Waals surface area contributed by atoms with Crippen molar-refractivity contribution in [2.75, 3.05) is 0 Å². The lowest BCUT2D eigenvalue weighted by Crippen LogP contribution is -2.32. The van der Waals surface area contributed by atoms with Gasteiger partial charge in [0.1, 0.15) is 5.56 Å². The predicted molar refractivity (Wildman–Crippen MR) is 84.3 cm³/mol. The fourth-order valence-electron chi connectivity index (χ4n) is 2.77. The van der Waals surface area contributed by atoms with Crippen molar-refractivity contribution in [2.45, 2.75) is 26.3 Å². The van der Waals surface area contributed by atoms with Gasteiger partial charge >= 0.3 is 0 Å². The summed E-state index contributed by atoms with van der Waals surface area (Å²) in [4.78, 5) is 43.1. The van der Waals surface area contributed by atoms with E-state index < -0.39 is 11.5 Å². The van der Waals surface area contributed by atoms with Crippen LogP contribution in [0.2, 0.25) is 0 Å². The van der Waals surface area contributed by atoms with E-state index in [4.69, 9.17) is 0 Å². The quantitative estimate of drug-likeness (QED) is 0.897. The second-order valence-electron chi connectivity index (χ2n) is 5.88. The van der Waals surface area contributed by atoms with Crippen molar-refractivity contribution < 1.29 is 9.59 Å². The highest BCUT2D eigenvalue weighted by molar-refractivity contribution is 6.01. The second kappa shape index (κ2) is 6.16. The van der Waals surface area contributed by atoms with Gasteiger partial charge in [0.25, 0.3) is 11.5 Å². The Morgan fingerprint density at radius 3 is 2.96 bits per heavy atom. The highest BCUT2D eigenvalue weighted by atomic mass is 16.2. The maximum absolute atomic E-state index is 12.2. The molecule has 0 saturated heterocycles. The SMILES string of the molecule is CC1CC(=O)c2cc(C(=O)NCc3cccnc3)c(=O)[nH]c2C1. The summed E-state index contributed by atoms with van der Waals surface area (Å²) in [6, 6.07) is 5.02. The Morgan fingerprint density at radius 2 is 2.22 bits per heavy atom. The summed E-state index contributed by atoms with van der Waals surface area (Å²) in [6.45, 7) is 2.24. The Kier molecular flexibility index (Phi) is 4.06. The Bertz CT molecular complexity index is 812. The smallest absolute Gasteiger partial charge is 0.261 e. The number of Topliss-reactive ketones (excluding diaryl/α,β-unsaturated/α-hetero) is 1. The van der Waals surface area contributed by atoms with E-state index in [-0.39, 0.29) is 23.8 Å². The Hall–Kier alpha value is -2.76. The number of H-pyrrole nitrogens is 1. The number of nitrogens with zero attached hydrogens (tertiary/aromatic N) is 1. The first-order valence-electron chi connectivity index (χ1n) is 7.51. The minimum Gasteiger partial charge on any atom is -0.348 e. The highest BCUT2D eigenvalue weighted by Gasteiger charge is 2.25. The van der Waals surface area contributed by atoms with Gasteiger partial charge in [0.15, 0.2) is 5.78 Å². The average Bonchev–Trinajstić information content (AvgIpc) is 2.53. The lowest BCUT2D eigenvalue weighted by Gasteiger charge is -2.20. The number of ketones is 1. The largest absolute Gasteiger partial charge is 0.348 e. The van der Waals surface area contributed by atoms with Gasteiger partial charge in [-0.25, -0.2) is 0 Å². The third-order valence-corrected chi connectivity index (χ3v) is 3.93. The fourth-order valence-corrected chi connectivity index (χ4v) is 2.77. The number of aromatic amines is 1. The van der Waals surface area contributed by atoms with Crippen LogP contribution in [0.3, 0.4) is 0 Å². The molecule has 0 radical (unpaired) electrons. The van der Waals surface area contributed by atoms with E-state index in [1.807, 2.05) is 13.0 Å². The van der Waals surface area contributed by atoms with Crippen molar-refractivity contribution >= 4 is 11.7 Å². The molecule has 2 N–H and O–H groups in total. The zero-order valence-electron chi connectivity index (χ0n) is 12.8. The van der Waals surface area contributed by atoms with Gasteiger partial charge < -0.3 is 10.3 Å². The third kappa shape index (κ3) is 3.21. The molecule has 2 heterocycles. The van der Waals surface area contributed by atoms with Crippen LogP contribution in [0, 0.1) is 5.92 Å². The van der Waals surface area contributed by atoms with E-state index in [0.29, 0.717) is 24.1 Å². The number of amides is 1. The summed E-state index contributed by atoms with van der Waals surface area (Å²) >= 11 is 0. The minimum absolute atomic E-state index is 0.0312. The van der Waals surface area contributed by atoms with Crippen LogP contribution in [0.15, 0.2) is 35.4 Å². The molecular weight excluding hydrogens is 294 g/mol. The van der Waals surface area contributed by atoms with Crippen LogP contribution < -0.4 is 10.9 Å². The fraction of sp³-hybridized carbons (Fsp3) is 0.294. The first kappa shape index (κ1) is 15.1. The number of nitrogens with one attached hydrogen (secondary N) is 2. The molecule has 0 bridgehead atoms.